The number of hydrogen-bond donors (Lipinski definition) is 1. The lowest BCUT2D eigenvalue weighted by Gasteiger charge is -2.34. The monoisotopic (exact) mass is 254 g/mol. The average Bonchev–Trinajstić information content (AvgIpc) is 2.83. The molecular weight excluding hydrogens is 232 g/mol. The maximum atomic E-state index is 5.35. The SMILES string of the molecule is CCCC1CCC(NC)C(Sc2ncco2)C1. The Balaban J connectivity index is 1.94. The van der Waals surface area contributed by atoms with Crippen molar-refractivity contribution in [1.29, 1.82) is 0 Å². The highest BCUT2D eigenvalue weighted by molar-refractivity contribution is 7.99. The Bertz CT molecular complexity index is 315. The molecule has 0 spiro atoms. The first-order valence-electron chi connectivity index (χ1n) is 6.57. The molecule has 17 heavy (non-hydrogen) atoms. The van der Waals surface area contributed by atoms with Crippen LogP contribution in [0.3, 0.4) is 0 Å². The van der Waals surface area contributed by atoms with Gasteiger partial charge in [-0.2, -0.15) is 0 Å². The summed E-state index contributed by atoms with van der Waals surface area (Å²) in [5.74, 6) is 0.886. The van der Waals surface area contributed by atoms with Crippen molar-refractivity contribution in [1.82, 2.24) is 10.3 Å². The summed E-state index contributed by atoms with van der Waals surface area (Å²) >= 11 is 1.79. The molecule has 2 rings (SSSR count). The predicted octanol–water partition coefficient (Wildman–Crippen LogP) is 3.32. The van der Waals surface area contributed by atoms with E-state index in [0.717, 1.165) is 11.1 Å². The highest BCUT2D eigenvalue weighted by Gasteiger charge is 2.30. The molecule has 0 bridgehead atoms. The van der Waals surface area contributed by atoms with Crippen molar-refractivity contribution in [3.05, 3.63) is 12.5 Å². The highest BCUT2D eigenvalue weighted by atomic mass is 32.2. The Morgan fingerprint density at radius 2 is 2.41 bits per heavy atom. The van der Waals surface area contributed by atoms with Crippen molar-refractivity contribution < 1.29 is 4.42 Å². The van der Waals surface area contributed by atoms with E-state index >= 15 is 0 Å². The van der Waals surface area contributed by atoms with Crippen molar-refractivity contribution in [3.63, 3.8) is 0 Å². The van der Waals surface area contributed by atoms with Crippen LogP contribution < -0.4 is 5.32 Å². The van der Waals surface area contributed by atoms with Crippen LogP contribution in [0.5, 0.6) is 0 Å². The summed E-state index contributed by atoms with van der Waals surface area (Å²) in [4.78, 5) is 4.22. The molecule has 4 heteroatoms. The van der Waals surface area contributed by atoms with E-state index in [-0.39, 0.29) is 0 Å². The molecule has 1 saturated carbocycles. The second kappa shape index (κ2) is 6.45. The molecule has 0 saturated heterocycles. The first-order chi connectivity index (χ1) is 8.33. The molecule has 1 heterocycles. The van der Waals surface area contributed by atoms with E-state index in [0.29, 0.717) is 11.3 Å². The number of nitrogens with zero attached hydrogens (tertiary/aromatic N) is 1. The van der Waals surface area contributed by atoms with E-state index in [4.69, 9.17) is 4.42 Å². The number of thioether (sulfide) groups is 1. The Morgan fingerprint density at radius 1 is 1.53 bits per heavy atom. The number of nitrogens with one attached hydrogen (secondary N) is 1. The first kappa shape index (κ1) is 13.0. The second-order valence-electron chi connectivity index (χ2n) is 4.82. The van der Waals surface area contributed by atoms with E-state index < -0.39 is 0 Å². The standard InChI is InChI=1S/C13H22N2OS/c1-3-4-10-5-6-11(14-2)12(9-10)17-13-15-7-8-16-13/h7-8,10-12,14H,3-6,9H2,1-2H3. The fraction of sp³-hybridized carbons (Fsp3) is 0.769. The summed E-state index contributed by atoms with van der Waals surface area (Å²) in [6.45, 7) is 2.28. The van der Waals surface area contributed by atoms with Gasteiger partial charge in [0.2, 0.25) is 0 Å². The minimum Gasteiger partial charge on any atom is -0.440 e. The molecular formula is C13H22N2OS. The molecule has 0 radical (unpaired) electrons. The van der Waals surface area contributed by atoms with Gasteiger partial charge in [0.25, 0.3) is 5.22 Å². The molecule has 0 aromatic carbocycles. The zero-order valence-corrected chi connectivity index (χ0v) is 11.5. The van der Waals surface area contributed by atoms with Crippen LogP contribution in [-0.4, -0.2) is 23.3 Å². The van der Waals surface area contributed by atoms with Gasteiger partial charge in [-0.15, -0.1) is 0 Å². The Labute approximate surface area is 108 Å². The fourth-order valence-electron chi connectivity index (χ4n) is 2.74. The van der Waals surface area contributed by atoms with Crippen molar-refractivity contribution in [2.75, 3.05) is 7.05 Å². The molecule has 3 unspecified atom stereocenters. The Hall–Kier alpha value is -0.480. The van der Waals surface area contributed by atoms with Gasteiger partial charge in [0.15, 0.2) is 0 Å². The van der Waals surface area contributed by atoms with Crippen molar-refractivity contribution in [2.45, 2.75) is 55.5 Å². The third-order valence-corrected chi connectivity index (χ3v) is 4.86. The Morgan fingerprint density at radius 3 is 3.06 bits per heavy atom. The highest BCUT2D eigenvalue weighted by Crippen LogP contribution is 2.37. The van der Waals surface area contributed by atoms with E-state index in [9.17, 15) is 0 Å². The van der Waals surface area contributed by atoms with E-state index in [1.165, 1.54) is 32.1 Å². The molecule has 1 aliphatic rings. The summed E-state index contributed by atoms with van der Waals surface area (Å²) in [5, 5.41) is 4.85. The number of rotatable bonds is 5. The van der Waals surface area contributed by atoms with Gasteiger partial charge in [0, 0.05) is 11.3 Å². The first-order valence-corrected chi connectivity index (χ1v) is 7.44. The molecule has 96 valence electrons. The quantitative estimate of drug-likeness (QED) is 0.874. The van der Waals surface area contributed by atoms with Gasteiger partial charge in [0.05, 0.1) is 6.20 Å². The maximum Gasteiger partial charge on any atom is 0.255 e. The van der Waals surface area contributed by atoms with Gasteiger partial charge in [-0.25, -0.2) is 4.98 Å². The summed E-state index contributed by atoms with van der Waals surface area (Å²) in [7, 11) is 2.06. The zero-order chi connectivity index (χ0) is 12.1. The fourth-order valence-corrected chi connectivity index (χ4v) is 4.04. The number of oxazole rings is 1. The molecule has 1 aliphatic carbocycles. The largest absolute Gasteiger partial charge is 0.440 e. The predicted molar refractivity (Wildman–Crippen MR) is 71.2 cm³/mol. The van der Waals surface area contributed by atoms with Crippen LogP contribution in [-0.2, 0) is 0 Å². The molecule has 0 amide bonds. The summed E-state index contributed by atoms with van der Waals surface area (Å²) in [6.07, 6.45) is 9.96. The van der Waals surface area contributed by atoms with Crippen LogP contribution >= 0.6 is 11.8 Å². The van der Waals surface area contributed by atoms with Crippen LogP contribution in [0.15, 0.2) is 22.1 Å². The van der Waals surface area contributed by atoms with Gasteiger partial charge < -0.3 is 9.73 Å². The molecule has 1 aromatic heterocycles. The summed E-state index contributed by atoms with van der Waals surface area (Å²) in [5.41, 5.74) is 0. The lowest BCUT2D eigenvalue weighted by atomic mass is 9.83. The molecule has 3 atom stereocenters. The van der Waals surface area contributed by atoms with Gasteiger partial charge in [0.1, 0.15) is 6.26 Å². The normalized spacial score (nSPS) is 29.4. The van der Waals surface area contributed by atoms with E-state index in [1.807, 2.05) is 0 Å². The van der Waals surface area contributed by atoms with Crippen LogP contribution in [0.1, 0.15) is 39.0 Å². The summed E-state index contributed by atoms with van der Waals surface area (Å²) in [6, 6.07) is 0.597. The summed E-state index contributed by atoms with van der Waals surface area (Å²) < 4.78 is 5.35. The molecule has 1 N–H and O–H groups in total. The lowest BCUT2D eigenvalue weighted by molar-refractivity contribution is 0.294. The van der Waals surface area contributed by atoms with Gasteiger partial charge in [-0.1, -0.05) is 31.5 Å². The van der Waals surface area contributed by atoms with Gasteiger partial charge >= 0.3 is 0 Å². The third kappa shape index (κ3) is 3.49. The van der Waals surface area contributed by atoms with Crippen molar-refractivity contribution in [3.8, 4) is 0 Å². The molecule has 1 aromatic rings. The maximum absolute atomic E-state index is 5.35. The van der Waals surface area contributed by atoms with Gasteiger partial charge in [-0.3, -0.25) is 0 Å². The minimum atomic E-state index is 0.597. The smallest absolute Gasteiger partial charge is 0.255 e. The van der Waals surface area contributed by atoms with Crippen molar-refractivity contribution in [2.24, 2.45) is 5.92 Å². The van der Waals surface area contributed by atoms with Crippen LogP contribution in [0, 0.1) is 5.92 Å². The third-order valence-electron chi connectivity index (χ3n) is 3.63. The minimum absolute atomic E-state index is 0.597. The Kier molecular flexibility index (Phi) is 4.92. The zero-order valence-electron chi connectivity index (χ0n) is 10.7. The van der Waals surface area contributed by atoms with E-state index in [2.05, 4.69) is 24.3 Å². The van der Waals surface area contributed by atoms with Crippen molar-refractivity contribution >= 4 is 11.8 Å². The molecule has 3 nitrogen and oxygen atoms in total. The van der Waals surface area contributed by atoms with Crippen LogP contribution in [0.25, 0.3) is 0 Å². The molecule has 1 fully saturated rings. The number of aromatic nitrogens is 1. The number of hydrogen-bond acceptors (Lipinski definition) is 4. The van der Waals surface area contributed by atoms with Gasteiger partial charge in [-0.05, 0) is 32.2 Å². The second-order valence-corrected chi connectivity index (χ2v) is 6.01. The van der Waals surface area contributed by atoms with Crippen LogP contribution in [0.2, 0.25) is 0 Å². The lowest BCUT2D eigenvalue weighted by Crippen LogP contribution is -2.40. The van der Waals surface area contributed by atoms with E-state index in [1.54, 1.807) is 24.2 Å². The average molecular weight is 254 g/mol. The van der Waals surface area contributed by atoms with Crippen LogP contribution in [0.4, 0.5) is 0 Å². The topological polar surface area (TPSA) is 38.1 Å². The molecule has 0 aliphatic heterocycles.